The maximum atomic E-state index is 6.23. The summed E-state index contributed by atoms with van der Waals surface area (Å²) in [7, 11) is 1.66. The van der Waals surface area contributed by atoms with Crippen molar-refractivity contribution in [2.24, 2.45) is 0 Å². The van der Waals surface area contributed by atoms with Crippen LogP contribution in [0, 0.1) is 0 Å². The summed E-state index contributed by atoms with van der Waals surface area (Å²) in [6.07, 6.45) is 0.946. The number of aromatic nitrogens is 1. The number of nitrogens with zero attached hydrogens (tertiary/aromatic N) is 1. The minimum Gasteiger partial charge on any atom is -0.497 e. The van der Waals surface area contributed by atoms with Gasteiger partial charge in [0.1, 0.15) is 5.75 Å². The highest BCUT2D eigenvalue weighted by molar-refractivity contribution is 5.93. The smallest absolute Gasteiger partial charge is 0.119 e. The van der Waals surface area contributed by atoms with E-state index in [1.807, 2.05) is 18.2 Å². The Hall–Kier alpha value is -1.81. The van der Waals surface area contributed by atoms with Crippen molar-refractivity contribution in [3.63, 3.8) is 0 Å². The monoisotopic (exact) mass is 229 g/mol. The molecule has 3 N–H and O–H groups in total. The number of pyridine rings is 1. The van der Waals surface area contributed by atoms with Crippen molar-refractivity contribution in [1.82, 2.24) is 10.3 Å². The molecule has 0 unspecified atom stereocenters. The number of hydrogen-bond acceptors (Lipinski definition) is 4. The van der Waals surface area contributed by atoms with Crippen molar-refractivity contribution in [1.29, 1.82) is 0 Å². The van der Waals surface area contributed by atoms with Gasteiger partial charge >= 0.3 is 0 Å². The Morgan fingerprint density at radius 3 is 3.12 bits per heavy atom. The Balaban J connectivity index is 2.28. The topological polar surface area (TPSA) is 60.2 Å². The first-order chi connectivity index (χ1) is 8.29. The van der Waals surface area contributed by atoms with Crippen LogP contribution in [0.3, 0.4) is 0 Å². The van der Waals surface area contributed by atoms with E-state index in [0.29, 0.717) is 0 Å². The van der Waals surface area contributed by atoms with Crippen LogP contribution in [0.4, 0.5) is 5.69 Å². The van der Waals surface area contributed by atoms with Crippen molar-refractivity contribution in [2.75, 3.05) is 19.4 Å². The van der Waals surface area contributed by atoms with Gasteiger partial charge in [-0.2, -0.15) is 0 Å². The van der Waals surface area contributed by atoms with Gasteiger partial charge in [0.25, 0.3) is 0 Å². The van der Waals surface area contributed by atoms with Crippen LogP contribution in [0.15, 0.2) is 18.2 Å². The first kappa shape index (κ1) is 10.4. The lowest BCUT2D eigenvalue weighted by Crippen LogP contribution is -2.25. The number of nitrogens with two attached hydrogens (primary N) is 1. The minimum atomic E-state index is 0.807. The lowest BCUT2D eigenvalue weighted by molar-refractivity contribution is 0.415. The van der Waals surface area contributed by atoms with E-state index in [4.69, 9.17) is 10.5 Å². The van der Waals surface area contributed by atoms with E-state index in [-0.39, 0.29) is 0 Å². The highest BCUT2D eigenvalue weighted by Crippen LogP contribution is 2.30. The normalized spacial score (nSPS) is 14.6. The molecule has 4 nitrogen and oxygen atoms in total. The van der Waals surface area contributed by atoms with Crippen molar-refractivity contribution in [3.8, 4) is 5.75 Å². The average molecular weight is 229 g/mol. The maximum Gasteiger partial charge on any atom is 0.119 e. The second kappa shape index (κ2) is 3.89. The fourth-order valence-corrected chi connectivity index (χ4v) is 2.31. The summed E-state index contributed by atoms with van der Waals surface area (Å²) in [5, 5.41) is 4.30. The molecule has 0 atom stereocenters. The van der Waals surface area contributed by atoms with E-state index in [0.717, 1.165) is 53.1 Å². The highest BCUT2D eigenvalue weighted by atomic mass is 16.5. The Kier molecular flexibility index (Phi) is 2.37. The van der Waals surface area contributed by atoms with Crippen LogP contribution in [-0.4, -0.2) is 18.6 Å². The summed E-state index contributed by atoms with van der Waals surface area (Å²) < 4.78 is 5.22. The van der Waals surface area contributed by atoms with Gasteiger partial charge in [-0.1, -0.05) is 0 Å². The van der Waals surface area contributed by atoms with Crippen LogP contribution in [0.5, 0.6) is 5.75 Å². The molecule has 0 fully saturated rings. The zero-order valence-corrected chi connectivity index (χ0v) is 9.79. The van der Waals surface area contributed by atoms with Crippen LogP contribution in [0.25, 0.3) is 10.9 Å². The van der Waals surface area contributed by atoms with Gasteiger partial charge < -0.3 is 15.8 Å². The van der Waals surface area contributed by atoms with E-state index in [9.17, 15) is 0 Å². The standard InChI is InChI=1S/C13H15N3O/c1-17-8-2-3-11-9(6-8)13(14)10-7-15-5-4-12(10)16-11/h2-3,6,15H,4-5,7H2,1H3,(H2,14,16). The number of nitrogen functional groups attached to an aromatic ring is 1. The third kappa shape index (κ3) is 1.61. The first-order valence-electron chi connectivity index (χ1n) is 5.75. The van der Waals surface area contributed by atoms with Gasteiger partial charge in [-0.15, -0.1) is 0 Å². The fourth-order valence-electron chi connectivity index (χ4n) is 2.31. The average Bonchev–Trinajstić information content (AvgIpc) is 2.39. The molecule has 0 bridgehead atoms. The molecule has 2 heterocycles. The van der Waals surface area contributed by atoms with Gasteiger partial charge in [0.15, 0.2) is 0 Å². The molecule has 0 saturated carbocycles. The number of anilines is 1. The van der Waals surface area contributed by atoms with E-state index < -0.39 is 0 Å². The van der Waals surface area contributed by atoms with Crippen LogP contribution in [0.1, 0.15) is 11.3 Å². The summed E-state index contributed by atoms with van der Waals surface area (Å²) in [4.78, 5) is 4.68. The lowest BCUT2D eigenvalue weighted by Gasteiger charge is -2.19. The Labute approximate surface area is 99.8 Å². The molecule has 3 rings (SSSR count). The maximum absolute atomic E-state index is 6.23. The Morgan fingerprint density at radius 1 is 1.41 bits per heavy atom. The lowest BCUT2D eigenvalue weighted by atomic mass is 10.0. The van der Waals surface area contributed by atoms with Crippen LogP contribution < -0.4 is 15.8 Å². The molecule has 4 heteroatoms. The predicted octanol–water partition coefficient (Wildman–Crippen LogP) is 1.47. The van der Waals surface area contributed by atoms with E-state index in [1.165, 1.54) is 0 Å². The van der Waals surface area contributed by atoms with Gasteiger partial charge in [0.05, 0.1) is 12.6 Å². The van der Waals surface area contributed by atoms with Gasteiger partial charge in [-0.3, -0.25) is 4.98 Å². The molecule has 2 aromatic rings. The second-order valence-corrected chi connectivity index (χ2v) is 4.26. The van der Waals surface area contributed by atoms with Gasteiger partial charge in [0.2, 0.25) is 0 Å². The molecule has 1 aromatic heterocycles. The van der Waals surface area contributed by atoms with Crippen molar-refractivity contribution in [2.45, 2.75) is 13.0 Å². The Morgan fingerprint density at radius 2 is 2.29 bits per heavy atom. The minimum absolute atomic E-state index is 0.807. The number of nitrogens with one attached hydrogen (secondary N) is 1. The zero-order chi connectivity index (χ0) is 11.8. The van der Waals surface area contributed by atoms with Crippen LogP contribution in [0.2, 0.25) is 0 Å². The quantitative estimate of drug-likeness (QED) is 0.777. The zero-order valence-electron chi connectivity index (χ0n) is 9.79. The summed E-state index contributed by atoms with van der Waals surface area (Å²) in [5.41, 5.74) is 10.3. The summed E-state index contributed by atoms with van der Waals surface area (Å²) >= 11 is 0. The van der Waals surface area contributed by atoms with Crippen LogP contribution >= 0.6 is 0 Å². The summed E-state index contributed by atoms with van der Waals surface area (Å²) in [5.74, 6) is 0.815. The van der Waals surface area contributed by atoms with Gasteiger partial charge in [-0.25, -0.2) is 0 Å². The molecule has 1 aliphatic heterocycles. The molecule has 17 heavy (non-hydrogen) atoms. The SMILES string of the molecule is COc1ccc2nc3c(c(N)c2c1)CNCC3. The number of rotatable bonds is 1. The van der Waals surface area contributed by atoms with Crippen molar-refractivity contribution < 1.29 is 4.74 Å². The van der Waals surface area contributed by atoms with Gasteiger partial charge in [0, 0.05) is 41.8 Å². The van der Waals surface area contributed by atoms with Gasteiger partial charge in [-0.05, 0) is 18.2 Å². The number of methoxy groups -OCH3 is 1. The van der Waals surface area contributed by atoms with Crippen LogP contribution in [-0.2, 0) is 13.0 Å². The van der Waals surface area contributed by atoms with E-state index >= 15 is 0 Å². The van der Waals surface area contributed by atoms with E-state index in [2.05, 4.69) is 10.3 Å². The molecule has 0 radical (unpaired) electrons. The third-order valence-electron chi connectivity index (χ3n) is 3.26. The number of ether oxygens (including phenoxy) is 1. The molecule has 0 amide bonds. The first-order valence-corrected chi connectivity index (χ1v) is 5.75. The van der Waals surface area contributed by atoms with Crippen molar-refractivity contribution in [3.05, 3.63) is 29.5 Å². The molecular formula is C13H15N3O. The summed E-state index contributed by atoms with van der Waals surface area (Å²) in [6, 6.07) is 5.83. The third-order valence-corrected chi connectivity index (χ3v) is 3.26. The molecule has 1 aromatic carbocycles. The predicted molar refractivity (Wildman–Crippen MR) is 68.1 cm³/mol. The molecule has 1 aliphatic rings. The molecule has 0 saturated heterocycles. The number of fused-ring (bicyclic) bond motifs is 2. The number of hydrogen-bond donors (Lipinski definition) is 2. The summed E-state index contributed by atoms with van der Waals surface area (Å²) in [6.45, 7) is 1.78. The molecule has 0 aliphatic carbocycles. The molecule has 0 spiro atoms. The van der Waals surface area contributed by atoms with E-state index in [1.54, 1.807) is 7.11 Å². The Bertz CT molecular complexity index is 580. The number of benzene rings is 1. The second-order valence-electron chi connectivity index (χ2n) is 4.26. The highest BCUT2D eigenvalue weighted by Gasteiger charge is 2.16. The molecule has 88 valence electrons. The largest absolute Gasteiger partial charge is 0.497 e. The fraction of sp³-hybridized carbons (Fsp3) is 0.308. The van der Waals surface area contributed by atoms with Crippen molar-refractivity contribution >= 4 is 16.6 Å². The molecular weight excluding hydrogens is 214 g/mol.